The van der Waals surface area contributed by atoms with E-state index in [0.717, 1.165) is 36.1 Å². The van der Waals surface area contributed by atoms with Gasteiger partial charge in [0.1, 0.15) is 5.54 Å². The van der Waals surface area contributed by atoms with Gasteiger partial charge < -0.3 is 10.6 Å². The third kappa shape index (κ3) is 3.25. The van der Waals surface area contributed by atoms with Crippen molar-refractivity contribution in [1.82, 2.24) is 10.2 Å². The SMILES string of the molecule is CCc1cccc(C)c1NC(=O)CCN1C(=O)NC2(CCCC2)C1=O. The maximum atomic E-state index is 12.6. The number of para-hydroxylation sites is 1. The lowest BCUT2D eigenvalue weighted by molar-refractivity contribution is -0.131. The van der Waals surface area contributed by atoms with Gasteiger partial charge >= 0.3 is 6.03 Å². The number of carbonyl (C=O) groups excluding carboxylic acids is 3. The first kappa shape index (κ1) is 17.5. The summed E-state index contributed by atoms with van der Waals surface area (Å²) in [5, 5.41) is 5.77. The highest BCUT2D eigenvalue weighted by molar-refractivity contribution is 6.07. The minimum Gasteiger partial charge on any atom is -0.326 e. The van der Waals surface area contributed by atoms with Crippen molar-refractivity contribution in [3.63, 3.8) is 0 Å². The van der Waals surface area contributed by atoms with Crippen molar-refractivity contribution in [3.05, 3.63) is 29.3 Å². The monoisotopic (exact) mass is 343 g/mol. The number of carbonyl (C=O) groups is 3. The molecule has 3 rings (SSSR count). The number of aryl methyl sites for hydroxylation is 2. The van der Waals surface area contributed by atoms with Gasteiger partial charge in [-0.05, 0) is 37.3 Å². The summed E-state index contributed by atoms with van der Waals surface area (Å²) >= 11 is 0. The van der Waals surface area contributed by atoms with Crippen molar-refractivity contribution in [3.8, 4) is 0 Å². The highest BCUT2D eigenvalue weighted by Gasteiger charge is 2.52. The molecule has 0 unspecified atom stereocenters. The van der Waals surface area contributed by atoms with E-state index < -0.39 is 5.54 Å². The predicted octanol–water partition coefficient (Wildman–Crippen LogP) is 2.75. The summed E-state index contributed by atoms with van der Waals surface area (Å²) in [7, 11) is 0. The maximum Gasteiger partial charge on any atom is 0.325 e. The maximum absolute atomic E-state index is 12.6. The molecule has 1 spiro atoms. The van der Waals surface area contributed by atoms with Crippen LogP contribution in [0.5, 0.6) is 0 Å². The Labute approximate surface area is 148 Å². The van der Waals surface area contributed by atoms with E-state index in [1.54, 1.807) is 0 Å². The van der Waals surface area contributed by atoms with E-state index in [0.29, 0.717) is 12.8 Å². The van der Waals surface area contributed by atoms with E-state index >= 15 is 0 Å². The normalized spacial score (nSPS) is 18.7. The van der Waals surface area contributed by atoms with Crippen LogP contribution in [0.2, 0.25) is 0 Å². The highest BCUT2D eigenvalue weighted by Crippen LogP contribution is 2.35. The highest BCUT2D eigenvalue weighted by atomic mass is 16.2. The van der Waals surface area contributed by atoms with E-state index in [2.05, 4.69) is 10.6 Å². The molecule has 0 aromatic heterocycles. The van der Waals surface area contributed by atoms with Crippen molar-refractivity contribution < 1.29 is 14.4 Å². The average molecular weight is 343 g/mol. The summed E-state index contributed by atoms with van der Waals surface area (Å²) in [6.07, 6.45) is 4.23. The summed E-state index contributed by atoms with van der Waals surface area (Å²) < 4.78 is 0. The summed E-state index contributed by atoms with van der Waals surface area (Å²) in [4.78, 5) is 38.2. The molecule has 0 atom stereocenters. The van der Waals surface area contributed by atoms with Gasteiger partial charge in [-0.1, -0.05) is 38.0 Å². The van der Waals surface area contributed by atoms with Gasteiger partial charge in [0.2, 0.25) is 5.91 Å². The van der Waals surface area contributed by atoms with Gasteiger partial charge in [0.05, 0.1) is 0 Å². The van der Waals surface area contributed by atoms with Gasteiger partial charge in [0.15, 0.2) is 0 Å². The minimum absolute atomic E-state index is 0.104. The second kappa shape index (κ2) is 6.86. The van der Waals surface area contributed by atoms with Crippen LogP contribution in [-0.4, -0.2) is 34.8 Å². The van der Waals surface area contributed by atoms with E-state index in [1.807, 2.05) is 32.0 Å². The minimum atomic E-state index is -0.709. The van der Waals surface area contributed by atoms with E-state index in [4.69, 9.17) is 0 Å². The van der Waals surface area contributed by atoms with Crippen molar-refractivity contribution in [2.24, 2.45) is 0 Å². The van der Waals surface area contributed by atoms with Crippen LogP contribution in [0, 0.1) is 6.92 Å². The number of hydrogen-bond donors (Lipinski definition) is 2. The molecule has 1 aromatic rings. The molecule has 25 heavy (non-hydrogen) atoms. The van der Waals surface area contributed by atoms with Gasteiger partial charge in [-0.2, -0.15) is 0 Å². The lowest BCUT2D eigenvalue weighted by Gasteiger charge is -2.20. The van der Waals surface area contributed by atoms with Gasteiger partial charge in [0.25, 0.3) is 5.91 Å². The fourth-order valence-corrected chi connectivity index (χ4v) is 3.81. The van der Waals surface area contributed by atoms with Gasteiger partial charge in [-0.25, -0.2) is 4.79 Å². The van der Waals surface area contributed by atoms with Crippen LogP contribution >= 0.6 is 0 Å². The topological polar surface area (TPSA) is 78.5 Å². The van der Waals surface area contributed by atoms with Crippen LogP contribution in [0.25, 0.3) is 0 Å². The van der Waals surface area contributed by atoms with Crippen molar-refractivity contribution in [1.29, 1.82) is 0 Å². The van der Waals surface area contributed by atoms with E-state index in [9.17, 15) is 14.4 Å². The lowest BCUT2D eigenvalue weighted by atomic mass is 9.98. The van der Waals surface area contributed by atoms with Crippen LogP contribution < -0.4 is 10.6 Å². The zero-order chi connectivity index (χ0) is 18.0. The molecular weight excluding hydrogens is 318 g/mol. The second-order valence-corrected chi connectivity index (χ2v) is 6.94. The van der Waals surface area contributed by atoms with Crippen LogP contribution in [-0.2, 0) is 16.0 Å². The molecule has 0 bridgehead atoms. The Kier molecular flexibility index (Phi) is 4.79. The first-order valence-corrected chi connectivity index (χ1v) is 8.99. The molecule has 6 nitrogen and oxygen atoms in total. The molecule has 4 amide bonds. The number of anilines is 1. The fraction of sp³-hybridized carbons (Fsp3) is 0.526. The van der Waals surface area contributed by atoms with E-state index in [-0.39, 0.29) is 30.8 Å². The number of nitrogens with zero attached hydrogens (tertiary/aromatic N) is 1. The lowest BCUT2D eigenvalue weighted by Crippen LogP contribution is -2.44. The van der Waals surface area contributed by atoms with Crippen LogP contribution in [0.1, 0.15) is 50.2 Å². The Bertz CT molecular complexity index is 708. The molecule has 2 aliphatic rings. The van der Waals surface area contributed by atoms with Crippen molar-refractivity contribution in [2.45, 2.75) is 57.9 Å². The summed E-state index contributed by atoms with van der Waals surface area (Å²) in [6.45, 7) is 4.11. The fourth-order valence-electron chi connectivity index (χ4n) is 3.81. The van der Waals surface area contributed by atoms with E-state index in [1.165, 1.54) is 4.90 Å². The van der Waals surface area contributed by atoms with Crippen LogP contribution in [0.4, 0.5) is 10.5 Å². The molecule has 1 aromatic carbocycles. The molecule has 1 aliphatic heterocycles. The Morgan fingerprint density at radius 3 is 2.68 bits per heavy atom. The van der Waals surface area contributed by atoms with Gasteiger partial charge in [-0.3, -0.25) is 14.5 Å². The molecule has 2 fully saturated rings. The van der Waals surface area contributed by atoms with Crippen LogP contribution in [0.15, 0.2) is 18.2 Å². The molecule has 1 aliphatic carbocycles. The number of benzene rings is 1. The number of amides is 4. The number of urea groups is 1. The molecule has 134 valence electrons. The Hall–Kier alpha value is -2.37. The number of rotatable bonds is 5. The molecule has 0 radical (unpaired) electrons. The molecule has 1 saturated heterocycles. The quantitative estimate of drug-likeness (QED) is 0.807. The zero-order valence-corrected chi connectivity index (χ0v) is 14.9. The second-order valence-electron chi connectivity index (χ2n) is 6.94. The number of imide groups is 1. The number of hydrogen-bond acceptors (Lipinski definition) is 3. The predicted molar refractivity (Wildman–Crippen MR) is 95.2 cm³/mol. The standard InChI is InChI=1S/C19H25N3O3/c1-3-14-8-6-7-13(2)16(14)20-15(23)9-12-22-17(24)19(21-18(22)25)10-4-5-11-19/h6-8H,3-5,9-12H2,1-2H3,(H,20,23)(H,21,25). The van der Waals surface area contributed by atoms with Gasteiger partial charge in [0, 0.05) is 18.7 Å². The Morgan fingerprint density at radius 1 is 1.28 bits per heavy atom. The third-order valence-electron chi connectivity index (χ3n) is 5.27. The van der Waals surface area contributed by atoms with Gasteiger partial charge in [-0.15, -0.1) is 0 Å². The third-order valence-corrected chi connectivity index (χ3v) is 5.27. The molecule has 1 saturated carbocycles. The average Bonchev–Trinajstić information content (AvgIpc) is 3.14. The zero-order valence-electron chi connectivity index (χ0n) is 14.9. The Morgan fingerprint density at radius 2 is 2.00 bits per heavy atom. The summed E-state index contributed by atoms with van der Waals surface area (Å²) in [5.74, 6) is -0.357. The first-order chi connectivity index (χ1) is 12.0. The molecule has 2 N–H and O–H groups in total. The molecular formula is C19H25N3O3. The van der Waals surface area contributed by atoms with Crippen molar-refractivity contribution in [2.75, 3.05) is 11.9 Å². The molecule has 1 heterocycles. The summed E-state index contributed by atoms with van der Waals surface area (Å²) in [6, 6.07) is 5.54. The largest absolute Gasteiger partial charge is 0.326 e. The van der Waals surface area contributed by atoms with Crippen LogP contribution in [0.3, 0.4) is 0 Å². The summed E-state index contributed by atoms with van der Waals surface area (Å²) in [5.41, 5.74) is 2.21. The first-order valence-electron chi connectivity index (χ1n) is 8.99. The molecule has 6 heteroatoms. The Balaban J connectivity index is 1.62. The van der Waals surface area contributed by atoms with Crippen molar-refractivity contribution >= 4 is 23.5 Å². The smallest absolute Gasteiger partial charge is 0.325 e. The number of nitrogens with one attached hydrogen (secondary N) is 2.